The van der Waals surface area contributed by atoms with Crippen LogP contribution in [0.1, 0.15) is 11.8 Å². The first-order valence-corrected chi connectivity index (χ1v) is 12.1. The monoisotopic (exact) mass is 511 g/mol. The predicted octanol–water partition coefficient (Wildman–Crippen LogP) is -1.68. The van der Waals surface area contributed by atoms with Crippen molar-refractivity contribution in [3.05, 3.63) is 33.8 Å². The number of anilines is 1. The zero-order valence-corrected chi connectivity index (χ0v) is 17.5. The highest BCUT2D eigenvalue weighted by molar-refractivity contribution is 7.66. The molecule has 31 heavy (non-hydrogen) atoms. The van der Waals surface area contributed by atoms with Crippen molar-refractivity contribution in [3.63, 3.8) is 0 Å². The molecular formula is C10H16N3O15P3. The molecule has 0 amide bonds. The standard InChI is InChI=1S/C10H16N3O15P3/c11-8-4(2-14)1-13(10(17)12-8)9-7(16)6(15)5(26-9)3-25-30(21,22)28-31(23,24)27-29(18,19)20/h1,7,9,14-16H,2-3H2,(H,21,22)(H,23,24)(H2,11,12,17)(H2,18,19,20)/t7?,9-/m1/s1. The van der Waals surface area contributed by atoms with E-state index in [1.165, 1.54) is 0 Å². The number of nitrogen functional groups attached to an aromatic ring is 1. The van der Waals surface area contributed by atoms with Crippen molar-refractivity contribution in [2.24, 2.45) is 0 Å². The number of aliphatic hydroxyl groups excluding tert-OH is 3. The summed E-state index contributed by atoms with van der Waals surface area (Å²) in [7, 11) is -16.9. The van der Waals surface area contributed by atoms with Gasteiger partial charge in [-0.05, 0) is 0 Å². The van der Waals surface area contributed by atoms with E-state index < -0.39 is 66.2 Å². The Bertz CT molecular complexity index is 1080. The Labute approximate surface area is 171 Å². The molecule has 0 radical (unpaired) electrons. The van der Waals surface area contributed by atoms with Crippen LogP contribution < -0.4 is 11.4 Å². The fraction of sp³-hybridized carbons (Fsp3) is 0.400. The van der Waals surface area contributed by atoms with Gasteiger partial charge < -0.3 is 45.4 Å². The number of nitrogens with two attached hydrogens (primary N) is 1. The summed E-state index contributed by atoms with van der Waals surface area (Å²) in [5.74, 6) is -2.01. The van der Waals surface area contributed by atoms with Crippen molar-refractivity contribution in [1.82, 2.24) is 9.55 Å². The van der Waals surface area contributed by atoms with Crippen molar-refractivity contribution < 1.29 is 66.5 Å². The maximum Gasteiger partial charge on any atom is 0.490 e. The molecule has 1 aliphatic heterocycles. The van der Waals surface area contributed by atoms with E-state index in [4.69, 9.17) is 25.2 Å². The molecule has 0 saturated carbocycles. The fourth-order valence-electron chi connectivity index (χ4n) is 2.16. The lowest BCUT2D eigenvalue weighted by molar-refractivity contribution is -0.0173. The van der Waals surface area contributed by atoms with Gasteiger partial charge in [-0.2, -0.15) is 13.6 Å². The molecule has 21 heteroatoms. The molecule has 0 saturated heterocycles. The lowest BCUT2D eigenvalue weighted by atomic mass is 10.2. The Morgan fingerprint density at radius 3 is 2.32 bits per heavy atom. The van der Waals surface area contributed by atoms with Gasteiger partial charge >= 0.3 is 29.2 Å². The Morgan fingerprint density at radius 1 is 1.16 bits per heavy atom. The van der Waals surface area contributed by atoms with E-state index in [1.54, 1.807) is 0 Å². The normalized spacial score (nSPS) is 23.3. The summed E-state index contributed by atoms with van der Waals surface area (Å²) in [6.45, 7) is -1.83. The average molecular weight is 511 g/mol. The third-order valence-electron chi connectivity index (χ3n) is 3.38. The second kappa shape index (κ2) is 9.07. The molecule has 18 nitrogen and oxygen atoms in total. The number of phosphoric ester groups is 1. The number of aromatic nitrogens is 2. The van der Waals surface area contributed by atoms with Crippen molar-refractivity contribution in [2.45, 2.75) is 18.9 Å². The zero-order valence-electron chi connectivity index (χ0n) is 14.9. The SMILES string of the molecule is Nc1nc(=O)n([C@@H]2OC(COP(=O)(O)OP(=O)(O)OP(=O)(O)O)=C(O)C2O)cc1CO. The summed E-state index contributed by atoms with van der Waals surface area (Å²) in [4.78, 5) is 50.7. The highest BCUT2D eigenvalue weighted by Crippen LogP contribution is 2.66. The molecule has 1 aromatic heterocycles. The third-order valence-corrected chi connectivity index (χ3v) is 7.16. The second-order valence-corrected chi connectivity index (χ2v) is 10.0. The molecule has 1 aromatic rings. The van der Waals surface area contributed by atoms with E-state index in [9.17, 15) is 38.7 Å². The van der Waals surface area contributed by atoms with E-state index >= 15 is 0 Å². The van der Waals surface area contributed by atoms with Gasteiger partial charge in [0.2, 0.25) is 6.23 Å². The van der Waals surface area contributed by atoms with Crippen LogP contribution >= 0.6 is 23.5 Å². The number of rotatable bonds is 9. The van der Waals surface area contributed by atoms with Crippen LogP contribution in [0.2, 0.25) is 0 Å². The molecule has 0 fully saturated rings. The van der Waals surface area contributed by atoms with Gasteiger partial charge in [0, 0.05) is 11.8 Å². The number of nitrogens with zero attached hydrogens (tertiary/aromatic N) is 2. The van der Waals surface area contributed by atoms with Gasteiger partial charge in [0.15, 0.2) is 17.6 Å². The number of hydrogen-bond donors (Lipinski definition) is 8. The molecule has 3 unspecified atom stereocenters. The summed E-state index contributed by atoms with van der Waals surface area (Å²) < 4.78 is 50.5. The first-order valence-electron chi connectivity index (χ1n) is 7.58. The number of ether oxygens (including phenoxy) is 1. The topological polar surface area (TPSA) is 291 Å². The van der Waals surface area contributed by atoms with Gasteiger partial charge in [0.1, 0.15) is 12.4 Å². The van der Waals surface area contributed by atoms with Crippen molar-refractivity contribution in [3.8, 4) is 0 Å². The predicted molar refractivity (Wildman–Crippen MR) is 94.4 cm³/mol. The summed E-state index contributed by atoms with van der Waals surface area (Å²) in [6, 6.07) is 0. The van der Waals surface area contributed by atoms with Gasteiger partial charge in [-0.25, -0.2) is 18.5 Å². The van der Waals surface area contributed by atoms with Crippen molar-refractivity contribution >= 4 is 29.3 Å². The highest BCUT2D eigenvalue weighted by Gasteiger charge is 2.43. The molecule has 1 aliphatic rings. The maximum absolute atomic E-state index is 12.0. The Balaban J connectivity index is 2.14. The lowest BCUT2D eigenvalue weighted by Gasteiger charge is -2.19. The summed E-state index contributed by atoms with van der Waals surface area (Å²) in [5.41, 5.74) is 4.34. The van der Waals surface area contributed by atoms with E-state index in [0.717, 1.165) is 6.20 Å². The van der Waals surface area contributed by atoms with E-state index in [0.29, 0.717) is 4.57 Å². The van der Waals surface area contributed by atoms with Crippen LogP contribution in [-0.4, -0.2) is 57.2 Å². The highest BCUT2D eigenvalue weighted by atomic mass is 31.3. The minimum absolute atomic E-state index is 0.0309. The molecule has 4 atom stereocenters. The van der Waals surface area contributed by atoms with Gasteiger partial charge in [-0.3, -0.25) is 9.09 Å². The first-order chi connectivity index (χ1) is 14.1. The molecule has 2 rings (SSSR count). The molecule has 176 valence electrons. The summed E-state index contributed by atoms with van der Waals surface area (Å²) >= 11 is 0. The Hall–Kier alpha value is -1.65. The van der Waals surface area contributed by atoms with Gasteiger partial charge in [0.25, 0.3) is 0 Å². The minimum atomic E-state index is -5.76. The fourth-order valence-corrected chi connectivity index (χ4v) is 5.13. The quantitative estimate of drug-likeness (QED) is 0.172. The van der Waals surface area contributed by atoms with Crippen LogP contribution in [0.25, 0.3) is 0 Å². The minimum Gasteiger partial charge on any atom is -0.506 e. The van der Waals surface area contributed by atoms with E-state index in [1.807, 2.05) is 0 Å². The average Bonchev–Trinajstić information content (AvgIpc) is 2.85. The summed E-state index contributed by atoms with van der Waals surface area (Å²) in [5, 5.41) is 29.2. The van der Waals surface area contributed by atoms with Crippen molar-refractivity contribution in [1.29, 1.82) is 0 Å². The lowest BCUT2D eigenvalue weighted by Crippen LogP contribution is -2.34. The van der Waals surface area contributed by atoms with Gasteiger partial charge in [-0.15, -0.1) is 0 Å². The summed E-state index contributed by atoms with van der Waals surface area (Å²) in [6.07, 6.45) is -2.63. The zero-order chi connectivity index (χ0) is 23.8. The van der Waals surface area contributed by atoms with Crippen LogP contribution in [0.4, 0.5) is 5.82 Å². The van der Waals surface area contributed by atoms with E-state index in [-0.39, 0.29) is 11.4 Å². The Kier molecular flexibility index (Phi) is 7.49. The third kappa shape index (κ3) is 6.66. The molecular weight excluding hydrogens is 495 g/mol. The van der Waals surface area contributed by atoms with Crippen LogP contribution in [0.3, 0.4) is 0 Å². The second-order valence-electron chi connectivity index (χ2n) is 5.63. The maximum atomic E-state index is 12.0. The number of phosphoric acid groups is 3. The van der Waals surface area contributed by atoms with Crippen LogP contribution in [0.5, 0.6) is 0 Å². The smallest absolute Gasteiger partial charge is 0.490 e. The molecule has 0 bridgehead atoms. The van der Waals surface area contributed by atoms with Crippen LogP contribution in [0.15, 0.2) is 22.5 Å². The molecule has 0 spiro atoms. The van der Waals surface area contributed by atoms with E-state index in [2.05, 4.69) is 18.1 Å². The molecule has 2 heterocycles. The molecule has 9 N–H and O–H groups in total. The van der Waals surface area contributed by atoms with Gasteiger partial charge in [0.05, 0.1) is 6.61 Å². The first kappa shape index (κ1) is 25.6. The largest absolute Gasteiger partial charge is 0.506 e. The van der Waals surface area contributed by atoms with Crippen LogP contribution in [-0.2, 0) is 38.2 Å². The molecule has 0 aliphatic carbocycles. The number of aliphatic hydroxyl groups is 3. The number of hydrogen-bond acceptors (Lipinski definition) is 13. The van der Waals surface area contributed by atoms with Crippen LogP contribution in [0, 0.1) is 0 Å². The van der Waals surface area contributed by atoms with Crippen molar-refractivity contribution in [2.75, 3.05) is 12.3 Å². The molecule has 0 aromatic carbocycles. The Morgan fingerprint density at radius 2 is 1.77 bits per heavy atom. The van der Waals surface area contributed by atoms with Gasteiger partial charge in [-0.1, -0.05) is 0 Å².